The van der Waals surface area contributed by atoms with Gasteiger partial charge in [0.15, 0.2) is 0 Å². The zero-order chi connectivity index (χ0) is 18.0. The smallest absolute Gasteiger partial charge is 0.305 e. The second-order valence-corrected chi connectivity index (χ2v) is 6.56. The summed E-state index contributed by atoms with van der Waals surface area (Å²) in [6.07, 6.45) is 0.360. The predicted molar refractivity (Wildman–Crippen MR) is 93.1 cm³/mol. The van der Waals surface area contributed by atoms with Gasteiger partial charge in [-0.25, -0.2) is 0 Å². The van der Waals surface area contributed by atoms with Gasteiger partial charge in [-0.1, -0.05) is 18.2 Å². The topological polar surface area (TPSA) is 80.6 Å². The third-order valence-corrected chi connectivity index (χ3v) is 4.66. The van der Waals surface area contributed by atoms with Crippen LogP contribution in [-0.4, -0.2) is 40.3 Å². The van der Waals surface area contributed by atoms with Gasteiger partial charge in [0.05, 0.1) is 24.1 Å². The third-order valence-electron chi connectivity index (χ3n) is 4.66. The Morgan fingerprint density at radius 3 is 2.60 bits per heavy atom. The fourth-order valence-corrected chi connectivity index (χ4v) is 3.45. The third kappa shape index (κ3) is 3.44. The van der Waals surface area contributed by atoms with Crippen molar-refractivity contribution in [1.82, 2.24) is 9.88 Å². The number of carbonyl (C=O) groups is 2. The highest BCUT2D eigenvalue weighted by Gasteiger charge is 2.39. The number of rotatable bonds is 5. The highest BCUT2D eigenvalue weighted by molar-refractivity contribution is 5.96. The summed E-state index contributed by atoms with van der Waals surface area (Å²) >= 11 is 0. The molecule has 1 amide bonds. The molecule has 1 aromatic heterocycles. The molecule has 2 N–H and O–H groups in total. The lowest BCUT2D eigenvalue weighted by Gasteiger charge is -2.27. The maximum absolute atomic E-state index is 12.8. The van der Waals surface area contributed by atoms with E-state index < -0.39 is 11.5 Å². The van der Waals surface area contributed by atoms with Gasteiger partial charge in [0.2, 0.25) is 0 Å². The molecule has 0 bridgehead atoms. The predicted octanol–water partition coefficient (Wildman–Crippen LogP) is 2.46. The van der Waals surface area contributed by atoms with Crippen LogP contribution < -0.4 is 5.32 Å². The highest BCUT2D eigenvalue weighted by atomic mass is 16.5. The molecule has 0 saturated carbocycles. The molecule has 1 aliphatic heterocycles. The van der Waals surface area contributed by atoms with Gasteiger partial charge in [-0.05, 0) is 38.5 Å². The molecule has 1 fully saturated rings. The number of hydrogen-bond acceptors (Lipinski definition) is 3. The average Bonchev–Trinajstić information content (AvgIpc) is 3.12. The fourth-order valence-electron chi connectivity index (χ4n) is 3.45. The Hall–Kier alpha value is -2.60. The number of aliphatic carboxylic acids is 1. The largest absolute Gasteiger partial charge is 0.481 e. The van der Waals surface area contributed by atoms with Gasteiger partial charge in [-0.2, -0.15) is 0 Å². The standard InChI is InChI=1S/C19H22N2O4/c1-13-10-16(14(2)21(13)15-6-4-3-5-7-15)18(24)20-19(11-17(22)23)8-9-25-12-19/h3-7,10H,8-9,11-12H2,1-2H3,(H,20,24)(H,22,23). The number of nitrogens with zero attached hydrogens (tertiary/aromatic N) is 1. The van der Waals surface area contributed by atoms with Gasteiger partial charge < -0.3 is 19.7 Å². The van der Waals surface area contributed by atoms with Gasteiger partial charge in [-0.3, -0.25) is 9.59 Å². The first-order valence-electron chi connectivity index (χ1n) is 8.28. The first kappa shape index (κ1) is 17.2. The van der Waals surface area contributed by atoms with Crippen LogP contribution in [0, 0.1) is 13.8 Å². The maximum Gasteiger partial charge on any atom is 0.305 e. The van der Waals surface area contributed by atoms with Crippen LogP contribution in [-0.2, 0) is 9.53 Å². The number of hydrogen-bond donors (Lipinski definition) is 2. The summed E-state index contributed by atoms with van der Waals surface area (Å²) in [5, 5.41) is 12.1. The molecule has 0 aliphatic carbocycles. The Morgan fingerprint density at radius 1 is 1.28 bits per heavy atom. The molecule has 2 aromatic rings. The Morgan fingerprint density at radius 2 is 2.00 bits per heavy atom. The van der Waals surface area contributed by atoms with E-state index in [9.17, 15) is 9.59 Å². The Bertz CT molecular complexity index is 789. The molecule has 6 heteroatoms. The molecule has 1 aromatic carbocycles. The van der Waals surface area contributed by atoms with Crippen molar-refractivity contribution in [2.45, 2.75) is 32.2 Å². The molecule has 2 heterocycles. The van der Waals surface area contributed by atoms with E-state index in [0.717, 1.165) is 17.1 Å². The number of carboxylic acid groups (broad SMARTS) is 1. The minimum atomic E-state index is -0.944. The number of carbonyl (C=O) groups excluding carboxylic acids is 1. The lowest BCUT2D eigenvalue weighted by molar-refractivity contribution is -0.138. The zero-order valence-corrected chi connectivity index (χ0v) is 14.4. The molecule has 1 unspecified atom stereocenters. The van der Waals surface area contributed by atoms with Gasteiger partial charge in [0.1, 0.15) is 0 Å². The molecular formula is C19H22N2O4. The van der Waals surface area contributed by atoms with Crippen molar-refractivity contribution >= 4 is 11.9 Å². The van der Waals surface area contributed by atoms with Crippen molar-refractivity contribution in [3.05, 3.63) is 53.3 Å². The minimum absolute atomic E-state index is 0.143. The van der Waals surface area contributed by atoms with Crippen LogP contribution in [0.15, 0.2) is 36.4 Å². The summed E-state index contributed by atoms with van der Waals surface area (Å²) in [6, 6.07) is 11.6. The van der Waals surface area contributed by atoms with Gasteiger partial charge in [0.25, 0.3) is 5.91 Å². The monoisotopic (exact) mass is 342 g/mol. The second-order valence-electron chi connectivity index (χ2n) is 6.56. The quantitative estimate of drug-likeness (QED) is 0.875. The molecule has 1 atom stereocenters. The SMILES string of the molecule is Cc1cc(C(=O)NC2(CC(=O)O)CCOC2)c(C)n1-c1ccccc1. The summed E-state index contributed by atoms with van der Waals surface area (Å²) < 4.78 is 7.36. The van der Waals surface area contributed by atoms with E-state index in [-0.39, 0.29) is 18.9 Å². The maximum atomic E-state index is 12.8. The van der Waals surface area contributed by atoms with Crippen LogP contribution in [0.25, 0.3) is 5.69 Å². The van der Waals surface area contributed by atoms with Gasteiger partial charge in [0, 0.05) is 23.7 Å². The Labute approximate surface area is 146 Å². The van der Waals surface area contributed by atoms with E-state index in [1.807, 2.05) is 54.8 Å². The van der Waals surface area contributed by atoms with Crippen molar-refractivity contribution in [3.8, 4) is 5.69 Å². The summed E-state index contributed by atoms with van der Waals surface area (Å²) in [5.74, 6) is -1.21. The van der Waals surface area contributed by atoms with Crippen molar-refractivity contribution in [2.24, 2.45) is 0 Å². The molecule has 3 rings (SSSR count). The first-order valence-corrected chi connectivity index (χ1v) is 8.28. The number of benzene rings is 1. The number of nitrogens with one attached hydrogen (secondary N) is 1. The first-order chi connectivity index (χ1) is 11.9. The summed E-state index contributed by atoms with van der Waals surface area (Å²) in [4.78, 5) is 24.0. The summed E-state index contributed by atoms with van der Waals surface area (Å²) in [7, 11) is 0. The van der Waals surface area contributed by atoms with Crippen LogP contribution >= 0.6 is 0 Å². The van der Waals surface area contributed by atoms with E-state index in [1.54, 1.807) is 0 Å². The molecule has 0 spiro atoms. The Balaban J connectivity index is 1.89. The fraction of sp³-hybridized carbons (Fsp3) is 0.368. The molecule has 1 aliphatic rings. The molecule has 132 valence electrons. The molecular weight excluding hydrogens is 320 g/mol. The van der Waals surface area contributed by atoms with Crippen molar-refractivity contribution in [2.75, 3.05) is 13.2 Å². The number of ether oxygens (including phenoxy) is 1. The number of amides is 1. The minimum Gasteiger partial charge on any atom is -0.481 e. The van der Waals surface area contributed by atoms with Crippen molar-refractivity contribution in [1.29, 1.82) is 0 Å². The summed E-state index contributed by atoms with van der Waals surface area (Å²) in [5.41, 5.74) is 2.48. The highest BCUT2D eigenvalue weighted by Crippen LogP contribution is 2.25. The van der Waals surface area contributed by atoms with E-state index >= 15 is 0 Å². The average molecular weight is 342 g/mol. The van der Waals surface area contributed by atoms with Crippen molar-refractivity contribution < 1.29 is 19.4 Å². The van der Waals surface area contributed by atoms with E-state index in [0.29, 0.717) is 18.6 Å². The molecule has 1 saturated heterocycles. The van der Waals surface area contributed by atoms with Crippen LogP contribution in [0.4, 0.5) is 0 Å². The normalized spacial score (nSPS) is 19.8. The van der Waals surface area contributed by atoms with Gasteiger partial charge in [-0.15, -0.1) is 0 Å². The summed E-state index contributed by atoms with van der Waals surface area (Å²) in [6.45, 7) is 4.52. The van der Waals surface area contributed by atoms with Crippen molar-refractivity contribution in [3.63, 3.8) is 0 Å². The van der Waals surface area contributed by atoms with Crippen LogP contribution in [0.1, 0.15) is 34.6 Å². The number of carboxylic acids is 1. The Kier molecular flexibility index (Phi) is 4.63. The molecule has 6 nitrogen and oxygen atoms in total. The zero-order valence-electron chi connectivity index (χ0n) is 14.4. The van der Waals surface area contributed by atoms with E-state index in [1.165, 1.54) is 0 Å². The molecule has 0 radical (unpaired) electrons. The van der Waals surface area contributed by atoms with E-state index in [2.05, 4.69) is 5.32 Å². The lowest BCUT2D eigenvalue weighted by atomic mass is 9.93. The van der Waals surface area contributed by atoms with Crippen LogP contribution in [0.2, 0.25) is 0 Å². The number of aryl methyl sites for hydroxylation is 1. The van der Waals surface area contributed by atoms with E-state index in [4.69, 9.17) is 9.84 Å². The second kappa shape index (κ2) is 6.72. The lowest BCUT2D eigenvalue weighted by Crippen LogP contribution is -2.50. The molecule has 25 heavy (non-hydrogen) atoms. The van der Waals surface area contributed by atoms with Gasteiger partial charge >= 0.3 is 5.97 Å². The number of aromatic nitrogens is 1. The van der Waals surface area contributed by atoms with Crippen LogP contribution in [0.3, 0.4) is 0 Å². The number of para-hydroxylation sites is 1. The van der Waals surface area contributed by atoms with Crippen LogP contribution in [0.5, 0.6) is 0 Å².